The molecule has 0 unspecified atom stereocenters. The number of nitrogens with zero attached hydrogens (tertiary/aromatic N) is 4. The van der Waals surface area contributed by atoms with Gasteiger partial charge in [0.2, 0.25) is 0 Å². The molecule has 0 spiro atoms. The van der Waals surface area contributed by atoms with Crippen molar-refractivity contribution in [3.8, 4) is 11.6 Å². The SMILES string of the molecule is c1coc(-c2ncc(CN3CCC[C@H]3c3nc4ccccc4s3)cn2)c1. The quantitative estimate of drug-likeness (QED) is 0.527. The van der Waals surface area contributed by atoms with Gasteiger partial charge in [0.15, 0.2) is 11.6 Å². The summed E-state index contributed by atoms with van der Waals surface area (Å²) in [5.74, 6) is 1.33. The molecule has 5 rings (SSSR count). The van der Waals surface area contributed by atoms with Gasteiger partial charge in [0.1, 0.15) is 5.01 Å². The summed E-state index contributed by atoms with van der Waals surface area (Å²) in [6.45, 7) is 1.93. The van der Waals surface area contributed by atoms with Crippen LogP contribution in [0.15, 0.2) is 59.5 Å². The number of aromatic nitrogens is 3. The molecule has 4 aromatic rings. The average molecular weight is 362 g/mol. The molecule has 1 saturated heterocycles. The lowest BCUT2D eigenvalue weighted by Crippen LogP contribution is -2.22. The van der Waals surface area contributed by atoms with E-state index in [2.05, 4.69) is 39.1 Å². The summed E-state index contributed by atoms with van der Waals surface area (Å²) in [5, 5.41) is 1.22. The van der Waals surface area contributed by atoms with Crippen LogP contribution < -0.4 is 0 Å². The molecule has 3 aromatic heterocycles. The van der Waals surface area contributed by atoms with Gasteiger partial charge in [-0.05, 0) is 43.7 Å². The monoisotopic (exact) mass is 362 g/mol. The van der Waals surface area contributed by atoms with E-state index in [1.54, 1.807) is 6.26 Å². The summed E-state index contributed by atoms with van der Waals surface area (Å²) in [6, 6.07) is 12.5. The van der Waals surface area contributed by atoms with Crippen molar-refractivity contribution in [2.75, 3.05) is 6.54 Å². The highest BCUT2D eigenvalue weighted by Gasteiger charge is 2.28. The van der Waals surface area contributed by atoms with Crippen LogP contribution in [0, 0.1) is 0 Å². The molecule has 26 heavy (non-hydrogen) atoms. The van der Waals surface area contributed by atoms with Gasteiger partial charge >= 0.3 is 0 Å². The van der Waals surface area contributed by atoms with E-state index < -0.39 is 0 Å². The molecule has 130 valence electrons. The molecule has 0 aliphatic carbocycles. The minimum absolute atomic E-state index is 0.386. The predicted molar refractivity (Wildman–Crippen MR) is 102 cm³/mol. The maximum absolute atomic E-state index is 5.35. The summed E-state index contributed by atoms with van der Waals surface area (Å²) in [4.78, 5) is 16.3. The molecule has 6 heteroatoms. The van der Waals surface area contributed by atoms with Crippen LogP contribution in [0.4, 0.5) is 0 Å². The van der Waals surface area contributed by atoms with E-state index in [9.17, 15) is 0 Å². The highest BCUT2D eigenvalue weighted by Crippen LogP contribution is 2.37. The molecule has 0 N–H and O–H groups in total. The maximum atomic E-state index is 5.35. The number of hydrogen-bond acceptors (Lipinski definition) is 6. The van der Waals surface area contributed by atoms with E-state index in [1.165, 1.54) is 16.1 Å². The van der Waals surface area contributed by atoms with Crippen LogP contribution in [0.25, 0.3) is 21.8 Å². The van der Waals surface area contributed by atoms with Gasteiger partial charge in [-0.3, -0.25) is 4.90 Å². The maximum Gasteiger partial charge on any atom is 0.195 e. The van der Waals surface area contributed by atoms with Crippen molar-refractivity contribution in [3.05, 3.63) is 65.6 Å². The number of rotatable bonds is 4. The zero-order valence-electron chi connectivity index (χ0n) is 14.2. The van der Waals surface area contributed by atoms with Crippen LogP contribution in [0.2, 0.25) is 0 Å². The molecule has 1 atom stereocenters. The van der Waals surface area contributed by atoms with Crippen molar-refractivity contribution in [1.29, 1.82) is 0 Å². The summed E-state index contributed by atoms with van der Waals surface area (Å²) >= 11 is 1.81. The van der Waals surface area contributed by atoms with Crippen LogP contribution in [-0.2, 0) is 6.54 Å². The van der Waals surface area contributed by atoms with Crippen LogP contribution in [0.5, 0.6) is 0 Å². The van der Waals surface area contributed by atoms with E-state index in [0.717, 1.165) is 30.6 Å². The summed E-state index contributed by atoms with van der Waals surface area (Å²) < 4.78 is 6.62. The summed E-state index contributed by atoms with van der Waals surface area (Å²) in [6.07, 6.45) is 7.80. The number of fused-ring (bicyclic) bond motifs is 1. The highest BCUT2D eigenvalue weighted by atomic mass is 32.1. The van der Waals surface area contributed by atoms with Crippen LogP contribution in [0.1, 0.15) is 29.5 Å². The molecule has 1 aromatic carbocycles. The lowest BCUT2D eigenvalue weighted by molar-refractivity contribution is 0.247. The first-order valence-electron chi connectivity index (χ1n) is 8.81. The van der Waals surface area contributed by atoms with Gasteiger partial charge in [0.05, 0.1) is 22.5 Å². The van der Waals surface area contributed by atoms with Crippen molar-refractivity contribution < 1.29 is 4.42 Å². The summed E-state index contributed by atoms with van der Waals surface area (Å²) in [5.41, 5.74) is 2.22. The number of likely N-dealkylation sites (tertiary alicyclic amines) is 1. The Bertz CT molecular complexity index is 977. The Balaban J connectivity index is 1.36. The zero-order valence-corrected chi connectivity index (χ0v) is 15.0. The number of para-hydroxylation sites is 1. The average Bonchev–Trinajstić information content (AvgIpc) is 3.42. The molecule has 5 nitrogen and oxygen atoms in total. The second-order valence-electron chi connectivity index (χ2n) is 6.54. The van der Waals surface area contributed by atoms with Gasteiger partial charge in [-0.25, -0.2) is 15.0 Å². The second kappa shape index (κ2) is 6.63. The van der Waals surface area contributed by atoms with E-state index in [1.807, 2.05) is 35.9 Å². The standard InChI is InChI=1S/C20H18N4OS/c1-2-8-18-15(5-1)23-20(26-18)16-6-3-9-24(16)13-14-11-21-19(22-12-14)17-7-4-10-25-17/h1-2,4-5,7-8,10-12,16H,3,6,9,13H2/t16-/m0/s1. The smallest absolute Gasteiger partial charge is 0.195 e. The van der Waals surface area contributed by atoms with Crippen molar-refractivity contribution in [1.82, 2.24) is 19.9 Å². The first-order chi connectivity index (χ1) is 12.9. The molecule has 4 heterocycles. The van der Waals surface area contributed by atoms with Crippen molar-refractivity contribution in [2.24, 2.45) is 0 Å². The lowest BCUT2D eigenvalue weighted by atomic mass is 10.2. The largest absolute Gasteiger partial charge is 0.461 e. The first kappa shape index (κ1) is 15.7. The fourth-order valence-electron chi connectivity index (χ4n) is 3.53. The first-order valence-corrected chi connectivity index (χ1v) is 9.63. The Hall–Kier alpha value is -2.57. The van der Waals surface area contributed by atoms with Gasteiger partial charge in [-0.2, -0.15) is 0 Å². The van der Waals surface area contributed by atoms with E-state index in [-0.39, 0.29) is 0 Å². The third kappa shape index (κ3) is 2.91. The van der Waals surface area contributed by atoms with Gasteiger partial charge < -0.3 is 4.42 Å². The van der Waals surface area contributed by atoms with Crippen molar-refractivity contribution in [2.45, 2.75) is 25.4 Å². The molecule has 0 amide bonds. The minimum Gasteiger partial charge on any atom is -0.461 e. The third-order valence-corrected chi connectivity index (χ3v) is 5.93. The number of furan rings is 1. The number of thiazole rings is 1. The van der Waals surface area contributed by atoms with Crippen LogP contribution >= 0.6 is 11.3 Å². The number of benzene rings is 1. The Kier molecular flexibility index (Phi) is 3.99. The minimum atomic E-state index is 0.386. The van der Waals surface area contributed by atoms with E-state index in [4.69, 9.17) is 9.40 Å². The lowest BCUT2D eigenvalue weighted by Gasteiger charge is -2.22. The predicted octanol–water partition coefficient (Wildman–Crippen LogP) is 4.68. The topological polar surface area (TPSA) is 55.1 Å². The van der Waals surface area contributed by atoms with Gasteiger partial charge in [0.25, 0.3) is 0 Å². The fourth-order valence-corrected chi connectivity index (χ4v) is 4.67. The molecular weight excluding hydrogens is 344 g/mol. The second-order valence-corrected chi connectivity index (χ2v) is 7.60. The summed E-state index contributed by atoms with van der Waals surface area (Å²) in [7, 11) is 0. The fraction of sp³-hybridized carbons (Fsp3) is 0.250. The Morgan fingerprint density at radius 1 is 1.12 bits per heavy atom. The molecule has 1 aliphatic rings. The van der Waals surface area contributed by atoms with Crippen LogP contribution in [0.3, 0.4) is 0 Å². The molecule has 1 fully saturated rings. The van der Waals surface area contributed by atoms with Gasteiger partial charge in [-0.1, -0.05) is 12.1 Å². The Labute approximate surface area is 155 Å². The Morgan fingerprint density at radius 2 is 2.00 bits per heavy atom. The van der Waals surface area contributed by atoms with E-state index >= 15 is 0 Å². The highest BCUT2D eigenvalue weighted by molar-refractivity contribution is 7.18. The molecule has 0 saturated carbocycles. The third-order valence-electron chi connectivity index (χ3n) is 4.79. The van der Waals surface area contributed by atoms with Gasteiger partial charge in [-0.15, -0.1) is 11.3 Å². The van der Waals surface area contributed by atoms with Crippen molar-refractivity contribution >= 4 is 21.6 Å². The molecule has 0 radical (unpaired) electrons. The van der Waals surface area contributed by atoms with Gasteiger partial charge in [0, 0.05) is 24.5 Å². The Morgan fingerprint density at radius 3 is 2.81 bits per heavy atom. The molecule has 1 aliphatic heterocycles. The van der Waals surface area contributed by atoms with E-state index in [0.29, 0.717) is 17.6 Å². The van der Waals surface area contributed by atoms with Crippen LogP contribution in [-0.4, -0.2) is 26.4 Å². The normalized spacial score (nSPS) is 17.9. The molecule has 0 bridgehead atoms. The number of hydrogen-bond donors (Lipinski definition) is 0. The van der Waals surface area contributed by atoms with Crippen molar-refractivity contribution in [3.63, 3.8) is 0 Å². The zero-order chi connectivity index (χ0) is 17.3. The molecular formula is C20H18N4OS.